The fourth-order valence-electron chi connectivity index (χ4n) is 3.70. The zero-order chi connectivity index (χ0) is 24.0. The van der Waals surface area contributed by atoms with Gasteiger partial charge in [-0.05, 0) is 38.0 Å². The van der Waals surface area contributed by atoms with E-state index in [4.69, 9.17) is 0 Å². The van der Waals surface area contributed by atoms with Gasteiger partial charge in [-0.25, -0.2) is 23.1 Å². The Labute approximate surface area is 196 Å². The number of anilines is 1. The number of aromatic amines is 1. The average Bonchev–Trinajstić information content (AvgIpc) is 3.47. The molecule has 1 aliphatic rings. The number of aliphatic hydroxyl groups is 1. The number of unbranched alkanes of at least 4 members (excludes halogenated alkanes) is 1. The van der Waals surface area contributed by atoms with E-state index >= 15 is 0 Å². The molecule has 33 heavy (non-hydrogen) atoms. The Bertz CT molecular complexity index is 1060. The van der Waals surface area contributed by atoms with Crippen LogP contribution < -0.4 is 9.62 Å². The van der Waals surface area contributed by atoms with Crippen molar-refractivity contribution < 1.29 is 13.5 Å². The predicted molar refractivity (Wildman–Crippen MR) is 132 cm³/mol. The van der Waals surface area contributed by atoms with Crippen molar-refractivity contribution in [2.24, 2.45) is 4.99 Å². The molecule has 3 N–H and O–H groups in total. The number of aliphatic hydroxyl groups excluding tert-OH is 1. The zero-order valence-corrected chi connectivity index (χ0v) is 20.3. The van der Waals surface area contributed by atoms with Crippen LogP contribution in [-0.4, -0.2) is 73.4 Å². The number of nitrogens with one attached hydrogen (secondary N) is 2. The van der Waals surface area contributed by atoms with Crippen molar-refractivity contribution in [3.05, 3.63) is 42.7 Å². The molecule has 0 spiro atoms. The maximum Gasteiger partial charge on any atom is 0.242 e. The second kappa shape index (κ2) is 11.0. The minimum Gasteiger partial charge on any atom is -0.392 e. The molecule has 1 saturated heterocycles. The molecule has 2 aromatic heterocycles. The summed E-state index contributed by atoms with van der Waals surface area (Å²) in [6.45, 7) is 9.57. The highest BCUT2D eigenvalue weighted by atomic mass is 32.2. The minimum atomic E-state index is -3.70. The number of sulfonamides is 1. The second-order valence-electron chi connectivity index (χ2n) is 8.34. The molecule has 2 unspecified atom stereocenters. The first-order chi connectivity index (χ1) is 15.7. The van der Waals surface area contributed by atoms with Crippen LogP contribution in [0.2, 0.25) is 0 Å². The zero-order valence-electron chi connectivity index (χ0n) is 19.5. The highest BCUT2D eigenvalue weighted by Crippen LogP contribution is 2.31. The van der Waals surface area contributed by atoms with Crippen molar-refractivity contribution in [1.82, 2.24) is 19.6 Å². The number of aromatic nitrogens is 2. The smallest absolute Gasteiger partial charge is 0.242 e. The van der Waals surface area contributed by atoms with E-state index in [9.17, 15) is 13.5 Å². The third kappa shape index (κ3) is 6.21. The number of rotatable bonds is 11. The van der Waals surface area contributed by atoms with Crippen LogP contribution in [0, 0.1) is 0 Å². The molecule has 180 valence electrons. The van der Waals surface area contributed by atoms with Crippen molar-refractivity contribution in [3.63, 3.8) is 0 Å². The summed E-state index contributed by atoms with van der Waals surface area (Å²) in [5, 5.41) is 9.32. The molecule has 2 aromatic rings. The summed E-state index contributed by atoms with van der Waals surface area (Å²) in [5.41, 5.74) is 1.94. The van der Waals surface area contributed by atoms with Crippen LogP contribution in [0.25, 0.3) is 5.70 Å². The Morgan fingerprint density at radius 2 is 2.27 bits per heavy atom. The largest absolute Gasteiger partial charge is 0.392 e. The van der Waals surface area contributed by atoms with Crippen LogP contribution in [0.5, 0.6) is 0 Å². The lowest BCUT2D eigenvalue weighted by atomic mass is 10.2. The molecule has 3 rings (SSSR count). The lowest BCUT2D eigenvalue weighted by Gasteiger charge is -2.27. The molecule has 0 amide bonds. The fourth-order valence-corrected chi connectivity index (χ4v) is 4.77. The number of aliphatic imine (C=N–C) groups is 1. The van der Waals surface area contributed by atoms with Gasteiger partial charge in [-0.1, -0.05) is 19.9 Å². The molecule has 0 bridgehead atoms. The molecular formula is C23H34N6O3S. The summed E-state index contributed by atoms with van der Waals surface area (Å²) in [6.07, 6.45) is 7.33. The highest BCUT2D eigenvalue weighted by molar-refractivity contribution is 7.89. The summed E-state index contributed by atoms with van der Waals surface area (Å²) in [6, 6.07) is 5.47. The van der Waals surface area contributed by atoms with Gasteiger partial charge in [0.25, 0.3) is 0 Å². The van der Waals surface area contributed by atoms with E-state index in [-0.39, 0.29) is 17.5 Å². The first kappa shape index (κ1) is 24.9. The number of pyridine rings is 1. The van der Waals surface area contributed by atoms with E-state index in [0.717, 1.165) is 49.4 Å². The monoisotopic (exact) mass is 474 g/mol. The van der Waals surface area contributed by atoms with E-state index in [1.165, 1.54) is 19.2 Å². The Kier molecular flexibility index (Phi) is 8.28. The van der Waals surface area contributed by atoms with E-state index in [1.54, 1.807) is 6.07 Å². The van der Waals surface area contributed by atoms with Crippen LogP contribution in [0.1, 0.15) is 38.7 Å². The summed E-state index contributed by atoms with van der Waals surface area (Å²) in [7, 11) is -1.73. The van der Waals surface area contributed by atoms with E-state index < -0.39 is 16.1 Å². The number of hydrogen-bond donors (Lipinski definition) is 3. The van der Waals surface area contributed by atoms with Gasteiger partial charge in [-0.3, -0.25) is 0 Å². The highest BCUT2D eigenvalue weighted by Gasteiger charge is 2.28. The molecule has 1 aliphatic heterocycles. The maximum absolute atomic E-state index is 12.3. The predicted octanol–water partition coefficient (Wildman–Crippen LogP) is 2.75. The van der Waals surface area contributed by atoms with Crippen LogP contribution >= 0.6 is 0 Å². The first-order valence-electron chi connectivity index (χ1n) is 11.2. The van der Waals surface area contributed by atoms with E-state index in [0.29, 0.717) is 5.82 Å². The Hall–Kier alpha value is -2.69. The SMILES string of the molecule is C=C(c1cc[nH]c1N=CCCC)N1CCC(N(C)c2ccc(S(=O)(=O)NCC(C)O)cn2)C1. The number of likely N-dealkylation sites (tertiary alicyclic amines) is 1. The lowest BCUT2D eigenvalue weighted by molar-refractivity contribution is 0.198. The van der Waals surface area contributed by atoms with Crippen molar-refractivity contribution in [1.29, 1.82) is 0 Å². The number of H-pyrrole nitrogens is 1. The molecule has 0 saturated carbocycles. The van der Waals surface area contributed by atoms with Crippen molar-refractivity contribution in [2.75, 3.05) is 31.6 Å². The van der Waals surface area contributed by atoms with Crippen LogP contribution in [-0.2, 0) is 10.0 Å². The van der Waals surface area contributed by atoms with Gasteiger partial charge < -0.3 is 19.9 Å². The second-order valence-corrected chi connectivity index (χ2v) is 10.1. The van der Waals surface area contributed by atoms with Crippen LogP contribution in [0.3, 0.4) is 0 Å². The van der Waals surface area contributed by atoms with Crippen molar-refractivity contribution >= 4 is 33.6 Å². The van der Waals surface area contributed by atoms with Gasteiger partial charge in [-0.15, -0.1) is 0 Å². The van der Waals surface area contributed by atoms with Crippen LogP contribution in [0.4, 0.5) is 11.6 Å². The lowest BCUT2D eigenvalue weighted by Crippen LogP contribution is -2.35. The summed E-state index contributed by atoms with van der Waals surface area (Å²) in [5.74, 6) is 1.53. The third-order valence-corrected chi connectivity index (χ3v) is 7.14. The molecule has 2 atom stereocenters. The number of likely N-dealkylation sites (N-methyl/N-ethyl adjacent to an activating group) is 1. The summed E-state index contributed by atoms with van der Waals surface area (Å²) in [4.78, 5) is 16.5. The number of hydrogen-bond acceptors (Lipinski definition) is 7. The molecular weight excluding hydrogens is 440 g/mol. The summed E-state index contributed by atoms with van der Waals surface area (Å²) < 4.78 is 27.0. The molecule has 0 radical (unpaired) electrons. The normalized spacial score (nSPS) is 17.6. The van der Waals surface area contributed by atoms with Gasteiger partial charge in [0.05, 0.1) is 6.10 Å². The van der Waals surface area contributed by atoms with Crippen LogP contribution in [0.15, 0.2) is 47.1 Å². The Morgan fingerprint density at radius 1 is 1.48 bits per heavy atom. The average molecular weight is 475 g/mol. The van der Waals surface area contributed by atoms with Gasteiger partial charge in [0.2, 0.25) is 10.0 Å². The molecule has 0 aromatic carbocycles. The molecule has 1 fully saturated rings. The minimum absolute atomic E-state index is 0.0431. The third-order valence-electron chi connectivity index (χ3n) is 5.73. The van der Waals surface area contributed by atoms with Gasteiger partial charge in [0, 0.05) is 62.6 Å². The van der Waals surface area contributed by atoms with E-state index in [2.05, 4.69) is 43.0 Å². The van der Waals surface area contributed by atoms with E-state index in [1.807, 2.05) is 25.5 Å². The fraction of sp³-hybridized carbons (Fsp3) is 0.478. The van der Waals surface area contributed by atoms with Gasteiger partial charge in [0.1, 0.15) is 16.5 Å². The topological polar surface area (TPSA) is 114 Å². The summed E-state index contributed by atoms with van der Waals surface area (Å²) >= 11 is 0. The Balaban J connectivity index is 1.63. The molecule has 10 heteroatoms. The first-order valence-corrected chi connectivity index (χ1v) is 12.7. The van der Waals surface area contributed by atoms with Gasteiger partial charge >= 0.3 is 0 Å². The standard InChI is InChI=1S/C23H34N6O3S/c1-5-6-11-24-23-21(9-12-25-23)18(3)29-13-10-19(16-29)28(4)22-8-7-20(15-26-22)33(31,32)27-14-17(2)30/h7-9,11-12,15,17,19,25,27,30H,3,5-6,10,13-14,16H2,1-2,4H3. The molecule has 3 heterocycles. The quantitative estimate of drug-likeness (QED) is 0.432. The van der Waals surface area contributed by atoms with Crippen molar-refractivity contribution in [2.45, 2.75) is 50.2 Å². The van der Waals surface area contributed by atoms with Gasteiger partial charge in [-0.2, -0.15) is 0 Å². The molecule has 9 nitrogen and oxygen atoms in total. The van der Waals surface area contributed by atoms with Crippen molar-refractivity contribution in [3.8, 4) is 0 Å². The van der Waals surface area contributed by atoms with Gasteiger partial charge in [0.15, 0.2) is 0 Å². The maximum atomic E-state index is 12.3. The molecule has 0 aliphatic carbocycles. The number of nitrogens with zero attached hydrogens (tertiary/aromatic N) is 4. The Morgan fingerprint density at radius 3 is 2.94 bits per heavy atom.